The SMILES string of the molecule is Cc1ccc(P(c2ccc(C)cc2)[C@@H]2CCCC[C@H]2P(c2ccc(C)cc2)c2ccc(C)cc2)cc1. The van der Waals surface area contributed by atoms with Crippen LogP contribution in [-0.2, 0) is 0 Å². The van der Waals surface area contributed by atoms with Crippen molar-refractivity contribution in [3.8, 4) is 0 Å². The second-order valence-electron chi connectivity index (χ2n) is 10.5. The van der Waals surface area contributed by atoms with Crippen LogP contribution in [0.4, 0.5) is 0 Å². The fraction of sp³-hybridized carbons (Fsp3) is 0.294. The number of aryl methyl sites for hydroxylation is 4. The van der Waals surface area contributed by atoms with Crippen molar-refractivity contribution in [1.82, 2.24) is 0 Å². The molecule has 0 N–H and O–H groups in total. The van der Waals surface area contributed by atoms with Gasteiger partial charge in [-0.15, -0.1) is 0 Å². The van der Waals surface area contributed by atoms with Gasteiger partial charge in [0, 0.05) is 0 Å². The fourth-order valence-electron chi connectivity index (χ4n) is 5.58. The van der Waals surface area contributed by atoms with Gasteiger partial charge in [0.1, 0.15) is 0 Å². The molecule has 1 aliphatic rings. The molecule has 0 heterocycles. The Balaban J connectivity index is 1.64. The van der Waals surface area contributed by atoms with Crippen LogP contribution in [0.1, 0.15) is 47.9 Å². The van der Waals surface area contributed by atoms with Crippen molar-refractivity contribution in [1.29, 1.82) is 0 Å². The molecule has 0 nitrogen and oxygen atoms in total. The van der Waals surface area contributed by atoms with E-state index in [0.717, 1.165) is 0 Å². The number of rotatable bonds is 6. The lowest BCUT2D eigenvalue weighted by molar-refractivity contribution is 0.521. The minimum absolute atomic E-state index is 0.443. The Labute approximate surface area is 220 Å². The van der Waals surface area contributed by atoms with E-state index in [1.807, 2.05) is 0 Å². The average molecular weight is 509 g/mol. The second kappa shape index (κ2) is 11.4. The maximum absolute atomic E-state index is 2.42. The van der Waals surface area contributed by atoms with Crippen molar-refractivity contribution in [2.75, 3.05) is 0 Å². The molecular weight excluding hydrogens is 470 g/mol. The zero-order chi connectivity index (χ0) is 25.1. The Morgan fingerprint density at radius 3 is 0.833 bits per heavy atom. The summed E-state index contributed by atoms with van der Waals surface area (Å²) in [7, 11) is -0.885. The maximum atomic E-state index is 2.42. The summed E-state index contributed by atoms with van der Waals surface area (Å²) in [6, 6.07) is 37.9. The number of hydrogen-bond donors (Lipinski definition) is 0. The van der Waals surface area contributed by atoms with Gasteiger partial charge in [0.05, 0.1) is 0 Å². The minimum atomic E-state index is -0.443. The highest BCUT2D eigenvalue weighted by Gasteiger charge is 2.39. The lowest BCUT2D eigenvalue weighted by Crippen LogP contribution is -2.37. The Hall–Kier alpha value is -2.26. The van der Waals surface area contributed by atoms with E-state index in [-0.39, 0.29) is 0 Å². The molecule has 2 heteroatoms. The third-order valence-electron chi connectivity index (χ3n) is 7.61. The molecule has 184 valence electrons. The summed E-state index contributed by atoms with van der Waals surface area (Å²) in [6.45, 7) is 8.81. The van der Waals surface area contributed by atoms with Gasteiger partial charge >= 0.3 is 0 Å². The summed E-state index contributed by atoms with van der Waals surface area (Å²) in [5.41, 5.74) is 6.76. The third kappa shape index (κ3) is 5.67. The van der Waals surface area contributed by atoms with Crippen LogP contribution in [0.15, 0.2) is 97.1 Å². The lowest BCUT2D eigenvalue weighted by Gasteiger charge is -2.42. The first kappa shape index (κ1) is 25.4. The standard InChI is InChI=1S/C34H38P2/c1-25-9-17-29(18-10-25)35(30-19-11-26(2)12-20-30)33-7-5-6-8-34(33)36(31-21-13-27(3)14-22-31)32-23-15-28(4)16-24-32/h9-24,33-34H,5-8H2,1-4H3/t33-,34-/m1/s1. The van der Waals surface area contributed by atoms with Crippen molar-refractivity contribution >= 4 is 37.1 Å². The molecule has 1 fully saturated rings. The molecule has 36 heavy (non-hydrogen) atoms. The molecule has 1 aliphatic carbocycles. The zero-order valence-corrected chi connectivity index (χ0v) is 23.9. The summed E-state index contributed by atoms with van der Waals surface area (Å²) in [6.07, 6.45) is 5.36. The van der Waals surface area contributed by atoms with Gasteiger partial charge in [-0.1, -0.05) is 132 Å². The monoisotopic (exact) mass is 508 g/mol. The van der Waals surface area contributed by atoms with Crippen molar-refractivity contribution in [2.45, 2.75) is 64.7 Å². The van der Waals surface area contributed by atoms with Crippen LogP contribution < -0.4 is 21.2 Å². The summed E-state index contributed by atoms with van der Waals surface area (Å²) >= 11 is 0. The van der Waals surface area contributed by atoms with Crippen molar-refractivity contribution in [3.05, 3.63) is 119 Å². The van der Waals surface area contributed by atoms with Gasteiger partial charge in [-0.05, 0) is 88.9 Å². The van der Waals surface area contributed by atoms with Crippen molar-refractivity contribution < 1.29 is 0 Å². The van der Waals surface area contributed by atoms with Crippen LogP contribution >= 0.6 is 15.8 Å². The minimum Gasteiger partial charge on any atom is -0.0587 e. The topological polar surface area (TPSA) is 0 Å². The smallest absolute Gasteiger partial charge is 0.00551 e. The van der Waals surface area contributed by atoms with Gasteiger partial charge in [-0.25, -0.2) is 0 Å². The van der Waals surface area contributed by atoms with E-state index >= 15 is 0 Å². The van der Waals surface area contributed by atoms with Crippen LogP contribution in [0.5, 0.6) is 0 Å². The van der Waals surface area contributed by atoms with Gasteiger partial charge in [0.15, 0.2) is 0 Å². The molecule has 1 saturated carbocycles. The van der Waals surface area contributed by atoms with Crippen LogP contribution in [0.3, 0.4) is 0 Å². The van der Waals surface area contributed by atoms with Crippen LogP contribution in [0, 0.1) is 27.7 Å². The van der Waals surface area contributed by atoms with Gasteiger partial charge < -0.3 is 0 Å². The van der Waals surface area contributed by atoms with Crippen LogP contribution in [0.25, 0.3) is 0 Å². The third-order valence-corrected chi connectivity index (χ3v) is 13.8. The summed E-state index contributed by atoms with van der Waals surface area (Å²) in [4.78, 5) is 0. The molecule has 0 radical (unpaired) electrons. The molecule has 2 atom stereocenters. The highest BCUT2D eigenvalue weighted by atomic mass is 31.1. The highest BCUT2D eigenvalue weighted by molar-refractivity contribution is 7.77. The first-order valence-electron chi connectivity index (χ1n) is 13.3. The van der Waals surface area contributed by atoms with E-state index in [9.17, 15) is 0 Å². The van der Waals surface area contributed by atoms with Gasteiger partial charge in [0.2, 0.25) is 0 Å². The Bertz CT molecular complexity index is 1060. The molecule has 0 saturated heterocycles. The zero-order valence-electron chi connectivity index (χ0n) is 22.1. The Morgan fingerprint density at radius 2 is 0.611 bits per heavy atom. The quantitative estimate of drug-likeness (QED) is 0.233. The molecule has 0 aliphatic heterocycles. The molecule has 5 rings (SSSR count). The van der Waals surface area contributed by atoms with E-state index in [1.54, 1.807) is 21.2 Å². The Morgan fingerprint density at radius 1 is 0.389 bits per heavy atom. The van der Waals surface area contributed by atoms with Crippen LogP contribution in [0.2, 0.25) is 0 Å². The first-order chi connectivity index (χ1) is 17.5. The Kier molecular flexibility index (Phi) is 8.06. The number of benzene rings is 4. The predicted octanol–water partition coefficient (Wildman–Crippen LogP) is 7.80. The van der Waals surface area contributed by atoms with Crippen molar-refractivity contribution in [2.24, 2.45) is 0 Å². The van der Waals surface area contributed by atoms with E-state index in [4.69, 9.17) is 0 Å². The molecular formula is C34H38P2. The molecule has 0 spiro atoms. The normalized spacial score (nSPS) is 18.1. The summed E-state index contributed by atoms with van der Waals surface area (Å²) < 4.78 is 0. The van der Waals surface area contributed by atoms with E-state index in [2.05, 4.69) is 125 Å². The fourth-order valence-corrected chi connectivity index (χ4v) is 12.3. The van der Waals surface area contributed by atoms with E-state index in [1.165, 1.54) is 47.9 Å². The highest BCUT2D eigenvalue weighted by Crippen LogP contribution is 2.56. The molecule has 0 aromatic heterocycles. The average Bonchev–Trinajstić information content (AvgIpc) is 2.90. The van der Waals surface area contributed by atoms with E-state index < -0.39 is 15.8 Å². The lowest BCUT2D eigenvalue weighted by atomic mass is 9.99. The van der Waals surface area contributed by atoms with E-state index in [0.29, 0.717) is 11.3 Å². The van der Waals surface area contributed by atoms with Crippen LogP contribution in [-0.4, -0.2) is 11.3 Å². The molecule has 0 unspecified atom stereocenters. The van der Waals surface area contributed by atoms with Gasteiger partial charge in [-0.3, -0.25) is 0 Å². The maximum Gasteiger partial charge on any atom is -0.00551 e. The second-order valence-corrected chi connectivity index (χ2v) is 15.4. The molecule has 4 aromatic carbocycles. The largest absolute Gasteiger partial charge is 0.0587 e. The molecule has 0 amide bonds. The molecule has 4 aromatic rings. The summed E-state index contributed by atoms with van der Waals surface area (Å²) in [5.74, 6) is 0. The molecule has 0 bridgehead atoms. The first-order valence-corrected chi connectivity index (χ1v) is 16.2. The number of hydrogen-bond acceptors (Lipinski definition) is 0. The van der Waals surface area contributed by atoms with Gasteiger partial charge in [-0.2, -0.15) is 0 Å². The predicted molar refractivity (Wildman–Crippen MR) is 163 cm³/mol. The van der Waals surface area contributed by atoms with Gasteiger partial charge in [0.25, 0.3) is 0 Å². The van der Waals surface area contributed by atoms with Crippen molar-refractivity contribution in [3.63, 3.8) is 0 Å². The summed E-state index contributed by atoms with van der Waals surface area (Å²) in [5, 5.41) is 6.16.